The minimum atomic E-state index is -0.773. The molecule has 1 N–H and O–H groups in total. The van der Waals surface area contributed by atoms with Gasteiger partial charge >= 0.3 is 5.97 Å². The SMILES string of the molecule is CCOC(=O)c1c(-c2ccccc2)c(-c2ccccc2)nn(CC(=O)Nc2ccc(OC)cc2)c1=O. The van der Waals surface area contributed by atoms with Crippen molar-refractivity contribution < 1.29 is 19.1 Å². The molecule has 8 heteroatoms. The van der Waals surface area contributed by atoms with Crippen LogP contribution in [0.5, 0.6) is 5.75 Å². The molecule has 0 bridgehead atoms. The van der Waals surface area contributed by atoms with Gasteiger partial charge in [-0.1, -0.05) is 60.7 Å². The second kappa shape index (κ2) is 11.1. The summed E-state index contributed by atoms with van der Waals surface area (Å²) in [6.07, 6.45) is 0. The quantitative estimate of drug-likeness (QED) is 0.373. The molecular weight excluding hydrogens is 458 g/mol. The minimum Gasteiger partial charge on any atom is -0.497 e. The summed E-state index contributed by atoms with van der Waals surface area (Å²) in [5.74, 6) is -0.602. The largest absolute Gasteiger partial charge is 0.497 e. The van der Waals surface area contributed by atoms with Crippen LogP contribution >= 0.6 is 0 Å². The van der Waals surface area contributed by atoms with Crippen LogP contribution in [0.15, 0.2) is 89.7 Å². The van der Waals surface area contributed by atoms with E-state index in [0.29, 0.717) is 33.8 Å². The van der Waals surface area contributed by atoms with Crippen LogP contribution in [0.4, 0.5) is 5.69 Å². The predicted octanol–water partition coefficient (Wildman–Crippen LogP) is 4.40. The molecule has 4 aromatic rings. The van der Waals surface area contributed by atoms with Gasteiger partial charge in [-0.2, -0.15) is 5.10 Å². The molecule has 0 saturated heterocycles. The molecule has 0 fully saturated rings. The zero-order valence-electron chi connectivity index (χ0n) is 19.9. The highest BCUT2D eigenvalue weighted by molar-refractivity contribution is 6.01. The molecule has 1 aromatic heterocycles. The van der Waals surface area contributed by atoms with Crippen molar-refractivity contribution in [3.8, 4) is 28.1 Å². The second-order valence-corrected chi connectivity index (χ2v) is 7.79. The Kier molecular flexibility index (Phi) is 7.55. The number of amides is 1. The van der Waals surface area contributed by atoms with Crippen molar-refractivity contribution in [1.29, 1.82) is 0 Å². The first-order chi connectivity index (χ1) is 17.5. The fourth-order valence-electron chi connectivity index (χ4n) is 3.77. The number of hydrogen-bond donors (Lipinski definition) is 1. The molecule has 3 aromatic carbocycles. The number of esters is 1. The van der Waals surface area contributed by atoms with Gasteiger partial charge in [-0.3, -0.25) is 9.59 Å². The number of benzene rings is 3. The third kappa shape index (κ3) is 5.33. The summed E-state index contributed by atoms with van der Waals surface area (Å²) >= 11 is 0. The summed E-state index contributed by atoms with van der Waals surface area (Å²) < 4.78 is 11.4. The van der Waals surface area contributed by atoms with Crippen LogP contribution in [0.25, 0.3) is 22.4 Å². The lowest BCUT2D eigenvalue weighted by Crippen LogP contribution is -2.34. The average Bonchev–Trinajstić information content (AvgIpc) is 2.91. The Hall–Kier alpha value is -4.72. The summed E-state index contributed by atoms with van der Waals surface area (Å²) in [6.45, 7) is 1.36. The Labute approximate surface area is 208 Å². The van der Waals surface area contributed by atoms with E-state index in [4.69, 9.17) is 9.47 Å². The van der Waals surface area contributed by atoms with Crippen LogP contribution in [0.3, 0.4) is 0 Å². The molecule has 0 spiro atoms. The summed E-state index contributed by atoms with van der Waals surface area (Å²) in [7, 11) is 1.55. The van der Waals surface area contributed by atoms with E-state index in [2.05, 4.69) is 10.4 Å². The molecule has 0 aliphatic heterocycles. The van der Waals surface area contributed by atoms with Gasteiger partial charge in [0.15, 0.2) is 0 Å². The lowest BCUT2D eigenvalue weighted by Gasteiger charge is -2.17. The van der Waals surface area contributed by atoms with Gasteiger partial charge in [0.05, 0.1) is 19.4 Å². The van der Waals surface area contributed by atoms with E-state index >= 15 is 0 Å². The standard InChI is InChI=1S/C28H25N3O5/c1-3-36-28(34)25-24(19-10-6-4-7-11-19)26(20-12-8-5-9-13-20)30-31(27(25)33)18-23(32)29-21-14-16-22(35-2)17-15-21/h4-17H,3,18H2,1-2H3,(H,29,32). The first-order valence-electron chi connectivity index (χ1n) is 11.4. The Bertz CT molecular complexity index is 1420. The van der Waals surface area contributed by atoms with Crippen molar-refractivity contribution in [2.75, 3.05) is 19.0 Å². The van der Waals surface area contributed by atoms with Crippen molar-refractivity contribution >= 4 is 17.6 Å². The highest BCUT2D eigenvalue weighted by Crippen LogP contribution is 2.32. The predicted molar refractivity (Wildman–Crippen MR) is 137 cm³/mol. The highest BCUT2D eigenvalue weighted by Gasteiger charge is 2.26. The van der Waals surface area contributed by atoms with E-state index in [1.165, 1.54) is 0 Å². The number of aromatic nitrogens is 2. The fraction of sp³-hybridized carbons (Fsp3) is 0.143. The molecule has 0 saturated carbocycles. The second-order valence-electron chi connectivity index (χ2n) is 7.79. The van der Waals surface area contributed by atoms with Crippen LogP contribution < -0.4 is 15.6 Å². The van der Waals surface area contributed by atoms with E-state index in [-0.39, 0.29) is 12.2 Å². The van der Waals surface area contributed by atoms with E-state index in [1.807, 2.05) is 48.5 Å². The Morgan fingerprint density at radius 1 is 0.889 bits per heavy atom. The fourth-order valence-corrected chi connectivity index (χ4v) is 3.77. The molecule has 182 valence electrons. The van der Waals surface area contributed by atoms with Crippen molar-refractivity contribution in [3.63, 3.8) is 0 Å². The van der Waals surface area contributed by atoms with Crippen LogP contribution in [0.1, 0.15) is 17.3 Å². The van der Waals surface area contributed by atoms with E-state index in [9.17, 15) is 14.4 Å². The van der Waals surface area contributed by atoms with E-state index < -0.39 is 24.0 Å². The van der Waals surface area contributed by atoms with Gasteiger partial charge in [0, 0.05) is 16.8 Å². The summed E-state index contributed by atoms with van der Waals surface area (Å²) in [6, 6.07) is 25.0. The molecule has 0 radical (unpaired) electrons. The zero-order valence-corrected chi connectivity index (χ0v) is 19.9. The number of carbonyl (C=O) groups is 2. The minimum absolute atomic E-state index is 0.0907. The van der Waals surface area contributed by atoms with E-state index in [0.717, 1.165) is 4.68 Å². The third-order valence-electron chi connectivity index (χ3n) is 5.41. The Morgan fingerprint density at radius 2 is 1.50 bits per heavy atom. The van der Waals surface area contributed by atoms with Crippen molar-refractivity contribution in [3.05, 3.63) is 101 Å². The Balaban J connectivity index is 1.83. The lowest BCUT2D eigenvalue weighted by atomic mass is 9.95. The van der Waals surface area contributed by atoms with Gasteiger partial charge in [-0.05, 0) is 36.8 Å². The number of hydrogen-bond acceptors (Lipinski definition) is 6. The number of nitrogens with one attached hydrogen (secondary N) is 1. The number of carbonyl (C=O) groups excluding carboxylic acids is 2. The highest BCUT2D eigenvalue weighted by atomic mass is 16.5. The first-order valence-corrected chi connectivity index (χ1v) is 11.4. The smallest absolute Gasteiger partial charge is 0.344 e. The number of nitrogens with zero attached hydrogens (tertiary/aromatic N) is 2. The van der Waals surface area contributed by atoms with Gasteiger partial charge in [0.1, 0.15) is 17.9 Å². The molecule has 1 heterocycles. The van der Waals surface area contributed by atoms with E-state index in [1.54, 1.807) is 50.4 Å². The van der Waals surface area contributed by atoms with Gasteiger partial charge in [-0.25, -0.2) is 9.48 Å². The number of anilines is 1. The maximum atomic E-state index is 13.5. The van der Waals surface area contributed by atoms with Crippen molar-refractivity contribution in [2.45, 2.75) is 13.5 Å². The average molecular weight is 484 g/mol. The maximum Gasteiger partial charge on any atom is 0.344 e. The first kappa shape index (κ1) is 24.4. The molecular formula is C28H25N3O5. The van der Waals surface area contributed by atoms with Gasteiger partial charge in [0.2, 0.25) is 5.91 Å². The van der Waals surface area contributed by atoms with Crippen molar-refractivity contribution in [1.82, 2.24) is 9.78 Å². The van der Waals surface area contributed by atoms with Gasteiger partial charge < -0.3 is 14.8 Å². The van der Waals surface area contributed by atoms with Crippen LogP contribution in [-0.2, 0) is 16.1 Å². The van der Waals surface area contributed by atoms with Gasteiger partial charge in [-0.15, -0.1) is 0 Å². The number of methoxy groups -OCH3 is 1. The molecule has 1 amide bonds. The van der Waals surface area contributed by atoms with Gasteiger partial charge in [0.25, 0.3) is 5.56 Å². The zero-order chi connectivity index (χ0) is 25.5. The molecule has 0 atom stereocenters. The summed E-state index contributed by atoms with van der Waals surface area (Å²) in [5.41, 5.74) is 1.72. The normalized spacial score (nSPS) is 10.5. The number of rotatable bonds is 8. The maximum absolute atomic E-state index is 13.5. The summed E-state index contributed by atoms with van der Waals surface area (Å²) in [4.78, 5) is 39.4. The molecule has 4 rings (SSSR count). The third-order valence-corrected chi connectivity index (χ3v) is 5.41. The lowest BCUT2D eigenvalue weighted by molar-refractivity contribution is -0.117. The van der Waals surface area contributed by atoms with Crippen LogP contribution in [-0.4, -0.2) is 35.4 Å². The molecule has 0 aliphatic carbocycles. The topological polar surface area (TPSA) is 99.5 Å². The molecule has 0 unspecified atom stereocenters. The molecule has 0 aliphatic rings. The summed E-state index contributed by atoms with van der Waals surface area (Å²) in [5, 5.41) is 7.28. The number of ether oxygens (including phenoxy) is 2. The van der Waals surface area contributed by atoms with Crippen LogP contribution in [0, 0.1) is 0 Å². The molecule has 36 heavy (non-hydrogen) atoms. The van der Waals surface area contributed by atoms with Crippen LogP contribution in [0.2, 0.25) is 0 Å². The monoisotopic (exact) mass is 483 g/mol. The Morgan fingerprint density at radius 3 is 2.08 bits per heavy atom. The van der Waals surface area contributed by atoms with Crippen molar-refractivity contribution in [2.24, 2.45) is 0 Å². The molecule has 8 nitrogen and oxygen atoms in total.